The number of carbonyl (C=O) groups excluding carboxylic acids is 3. The van der Waals surface area contributed by atoms with Crippen molar-refractivity contribution in [3.8, 4) is 0 Å². The number of allylic oxidation sites excluding steroid dienone is 22. The Labute approximate surface area is 475 Å². The maximum Gasteiger partial charge on any atom is 0.306 e. The summed E-state index contributed by atoms with van der Waals surface area (Å²) in [7, 11) is 0. The lowest BCUT2D eigenvalue weighted by Crippen LogP contribution is -2.30. The molecule has 6 nitrogen and oxygen atoms in total. The monoisotopic (exact) mass is 1060 g/mol. The average molecular weight is 1070 g/mol. The normalized spacial score (nSPS) is 13.0. The first kappa shape index (κ1) is 72.5. The van der Waals surface area contributed by atoms with Gasteiger partial charge in [0.05, 0.1) is 0 Å². The van der Waals surface area contributed by atoms with Crippen molar-refractivity contribution in [3.63, 3.8) is 0 Å². The molecule has 0 aliphatic carbocycles. The van der Waals surface area contributed by atoms with Crippen LogP contribution in [0.1, 0.15) is 278 Å². The van der Waals surface area contributed by atoms with Crippen LogP contribution in [-0.2, 0) is 28.6 Å². The second-order valence-corrected chi connectivity index (χ2v) is 20.6. The zero-order valence-corrected chi connectivity index (χ0v) is 49.9. The summed E-state index contributed by atoms with van der Waals surface area (Å²) in [5, 5.41) is 0. The van der Waals surface area contributed by atoms with E-state index < -0.39 is 6.10 Å². The molecule has 0 saturated heterocycles. The van der Waals surface area contributed by atoms with Crippen LogP contribution in [0, 0.1) is 0 Å². The van der Waals surface area contributed by atoms with Crippen molar-refractivity contribution in [2.24, 2.45) is 0 Å². The van der Waals surface area contributed by atoms with E-state index in [4.69, 9.17) is 14.2 Å². The highest BCUT2D eigenvalue weighted by molar-refractivity contribution is 5.71. The molecule has 0 heterocycles. The Hall–Kier alpha value is -4.45. The van der Waals surface area contributed by atoms with Crippen LogP contribution in [-0.4, -0.2) is 37.2 Å². The van der Waals surface area contributed by atoms with Gasteiger partial charge in [-0.25, -0.2) is 0 Å². The lowest BCUT2D eigenvalue weighted by molar-refractivity contribution is -0.167. The molecule has 0 rings (SSSR count). The van der Waals surface area contributed by atoms with E-state index in [0.29, 0.717) is 19.3 Å². The van der Waals surface area contributed by atoms with Crippen LogP contribution in [0.4, 0.5) is 0 Å². The molecule has 77 heavy (non-hydrogen) atoms. The summed E-state index contributed by atoms with van der Waals surface area (Å²) in [6.45, 7) is 6.44. The molecule has 0 bridgehead atoms. The number of unbranched alkanes of at least 4 members (excludes halogenated alkanes) is 23. The topological polar surface area (TPSA) is 78.9 Å². The lowest BCUT2D eigenvalue weighted by atomic mass is 10.1. The third kappa shape index (κ3) is 62.3. The van der Waals surface area contributed by atoms with Crippen molar-refractivity contribution < 1.29 is 28.6 Å². The number of esters is 3. The van der Waals surface area contributed by atoms with Crippen LogP contribution < -0.4 is 0 Å². The second kappa shape index (κ2) is 64.1. The van der Waals surface area contributed by atoms with Gasteiger partial charge in [0.25, 0.3) is 0 Å². The summed E-state index contributed by atoms with van der Waals surface area (Å²) >= 11 is 0. The first-order valence-electron chi connectivity index (χ1n) is 31.7. The van der Waals surface area contributed by atoms with Crippen LogP contribution in [0.2, 0.25) is 0 Å². The molecule has 0 saturated carbocycles. The van der Waals surface area contributed by atoms with Crippen molar-refractivity contribution in [2.45, 2.75) is 284 Å². The Bertz CT molecular complexity index is 1650. The fraction of sp³-hybridized carbons (Fsp3) is 0.648. The number of hydrogen-bond acceptors (Lipinski definition) is 6. The molecule has 6 heteroatoms. The molecular weight excluding hydrogens is 949 g/mol. The van der Waals surface area contributed by atoms with Crippen LogP contribution in [0.15, 0.2) is 134 Å². The largest absolute Gasteiger partial charge is 0.462 e. The minimum absolute atomic E-state index is 0.100. The molecule has 0 aliphatic rings. The average Bonchev–Trinajstić information content (AvgIpc) is 3.43. The quantitative estimate of drug-likeness (QED) is 0.0261. The zero-order chi connectivity index (χ0) is 55.7. The molecule has 0 radical (unpaired) electrons. The Morgan fingerprint density at radius 1 is 0.273 bits per heavy atom. The minimum atomic E-state index is -0.805. The number of ether oxygens (including phenoxy) is 3. The van der Waals surface area contributed by atoms with Crippen LogP contribution in [0.5, 0.6) is 0 Å². The highest BCUT2D eigenvalue weighted by atomic mass is 16.6. The smallest absolute Gasteiger partial charge is 0.306 e. The Kier molecular flexibility index (Phi) is 60.4. The Morgan fingerprint density at radius 2 is 0.519 bits per heavy atom. The van der Waals surface area contributed by atoms with E-state index >= 15 is 0 Å². The highest BCUT2D eigenvalue weighted by Crippen LogP contribution is 2.14. The maximum atomic E-state index is 12.9. The van der Waals surface area contributed by atoms with Gasteiger partial charge in [0.1, 0.15) is 13.2 Å². The van der Waals surface area contributed by atoms with Crippen LogP contribution in [0.25, 0.3) is 0 Å². The molecular formula is C71H116O6. The fourth-order valence-electron chi connectivity index (χ4n) is 8.35. The van der Waals surface area contributed by atoms with Crippen molar-refractivity contribution in [1.82, 2.24) is 0 Å². The van der Waals surface area contributed by atoms with E-state index in [0.717, 1.165) is 141 Å². The predicted octanol–water partition coefficient (Wildman–Crippen LogP) is 21.8. The van der Waals surface area contributed by atoms with E-state index in [1.807, 2.05) is 0 Å². The van der Waals surface area contributed by atoms with Gasteiger partial charge < -0.3 is 14.2 Å². The standard InChI is InChI=1S/C71H116O6/c1-4-7-10-13-16-19-22-24-26-28-30-32-34-35-37-38-40-42-44-46-49-52-55-58-61-64-70(73)76-67-68(66-75-69(72)63-60-57-54-51-48-21-18-15-12-9-6-3)77-71(74)65-62-59-56-53-50-47-45-43-41-39-36-33-31-29-27-25-23-20-17-14-11-8-5-2/h7,10,15-16,18-19,23-26,29-32,35-37,39-40,42,46,49,68H,4-6,8-9,11-14,17,20-22,27-28,33-34,38,41,43-45,47-48,50-67H2,1-3H3/b10-7-,18-15-,19-16-,25-23-,26-24-,31-29-,32-30-,37-35-,39-36-,42-40-,49-46-. The number of hydrogen-bond donors (Lipinski definition) is 0. The zero-order valence-electron chi connectivity index (χ0n) is 49.9. The molecule has 0 aliphatic heterocycles. The maximum absolute atomic E-state index is 12.9. The molecule has 0 aromatic carbocycles. The van der Waals surface area contributed by atoms with Crippen molar-refractivity contribution in [2.75, 3.05) is 13.2 Å². The van der Waals surface area contributed by atoms with E-state index in [9.17, 15) is 14.4 Å². The summed E-state index contributed by atoms with van der Waals surface area (Å²) in [5.41, 5.74) is 0. The van der Waals surface area contributed by atoms with Gasteiger partial charge in [0.15, 0.2) is 6.10 Å². The van der Waals surface area contributed by atoms with E-state index in [1.54, 1.807) is 0 Å². The van der Waals surface area contributed by atoms with Gasteiger partial charge in [-0.1, -0.05) is 257 Å². The molecule has 0 aromatic heterocycles. The third-order valence-electron chi connectivity index (χ3n) is 13.1. The first-order valence-corrected chi connectivity index (χ1v) is 31.7. The summed E-state index contributed by atoms with van der Waals surface area (Å²) in [6.07, 6.45) is 90.2. The summed E-state index contributed by atoms with van der Waals surface area (Å²) in [5.74, 6) is -0.951. The van der Waals surface area contributed by atoms with Gasteiger partial charge >= 0.3 is 17.9 Å². The molecule has 1 unspecified atom stereocenters. The summed E-state index contributed by atoms with van der Waals surface area (Å²) in [6, 6.07) is 0. The van der Waals surface area contributed by atoms with E-state index in [-0.39, 0.29) is 31.1 Å². The van der Waals surface area contributed by atoms with Crippen molar-refractivity contribution in [3.05, 3.63) is 134 Å². The van der Waals surface area contributed by atoms with Crippen LogP contribution >= 0.6 is 0 Å². The molecule has 1 atom stereocenters. The molecule has 436 valence electrons. The van der Waals surface area contributed by atoms with Gasteiger partial charge in [0.2, 0.25) is 0 Å². The van der Waals surface area contributed by atoms with Gasteiger partial charge in [0, 0.05) is 19.3 Å². The number of carbonyl (C=O) groups is 3. The van der Waals surface area contributed by atoms with E-state index in [1.165, 1.54) is 96.3 Å². The molecule has 0 spiro atoms. The molecule has 0 amide bonds. The molecule has 0 fully saturated rings. The summed E-state index contributed by atoms with van der Waals surface area (Å²) in [4.78, 5) is 38.2. The van der Waals surface area contributed by atoms with Gasteiger partial charge in [-0.05, 0) is 135 Å². The highest BCUT2D eigenvalue weighted by Gasteiger charge is 2.19. The molecule has 0 N–H and O–H groups in total. The third-order valence-corrected chi connectivity index (χ3v) is 13.1. The van der Waals surface area contributed by atoms with Gasteiger partial charge in [-0.2, -0.15) is 0 Å². The second-order valence-electron chi connectivity index (χ2n) is 20.6. The van der Waals surface area contributed by atoms with Crippen LogP contribution in [0.3, 0.4) is 0 Å². The Balaban J connectivity index is 4.41. The predicted molar refractivity (Wildman–Crippen MR) is 334 cm³/mol. The summed E-state index contributed by atoms with van der Waals surface area (Å²) < 4.78 is 16.9. The Morgan fingerprint density at radius 3 is 0.857 bits per heavy atom. The minimum Gasteiger partial charge on any atom is -0.462 e. The van der Waals surface area contributed by atoms with Crippen molar-refractivity contribution in [1.29, 1.82) is 0 Å². The van der Waals surface area contributed by atoms with Crippen molar-refractivity contribution >= 4 is 17.9 Å². The first-order chi connectivity index (χ1) is 38.0. The van der Waals surface area contributed by atoms with Gasteiger partial charge in [-0.3, -0.25) is 14.4 Å². The lowest BCUT2D eigenvalue weighted by Gasteiger charge is -2.18. The van der Waals surface area contributed by atoms with E-state index in [2.05, 4.69) is 154 Å². The fourth-order valence-corrected chi connectivity index (χ4v) is 8.35. The SMILES string of the molecule is CC/C=C\C/C=C\C/C=C\C/C=C\C/C=C\C/C=C\C/C=C\CCCCCC(=O)OCC(COC(=O)CCCCCCC/C=C\CCCC)OC(=O)CCCCCCCCCC/C=C\C/C=C\C/C=C\CCCCCCC. The number of rotatable bonds is 56. The van der Waals surface area contributed by atoms with Gasteiger partial charge in [-0.15, -0.1) is 0 Å². The molecule has 0 aromatic rings.